The zero-order valence-corrected chi connectivity index (χ0v) is 16.7. The van der Waals surface area contributed by atoms with E-state index in [9.17, 15) is 9.59 Å². The van der Waals surface area contributed by atoms with E-state index in [0.29, 0.717) is 25.4 Å². The van der Waals surface area contributed by atoms with E-state index >= 15 is 0 Å². The van der Waals surface area contributed by atoms with Crippen LogP contribution in [0.1, 0.15) is 26.4 Å². The van der Waals surface area contributed by atoms with Gasteiger partial charge in [-0.25, -0.2) is 0 Å². The fraction of sp³-hybridized carbons (Fsp3) is 0.150. The number of aromatic amines is 1. The predicted molar refractivity (Wildman–Crippen MR) is 113 cm³/mol. The summed E-state index contributed by atoms with van der Waals surface area (Å²) in [5.41, 5.74) is 4.72. The Morgan fingerprint density at radius 2 is 1.81 bits per heavy atom. The van der Waals surface area contributed by atoms with Gasteiger partial charge in [0.25, 0.3) is 11.5 Å². The third kappa shape index (κ3) is 2.98. The molecular formula is C20H17N3O2S2. The average molecular weight is 396 g/mol. The Kier molecular flexibility index (Phi) is 4.20. The highest BCUT2D eigenvalue weighted by molar-refractivity contribution is 7.73. The summed E-state index contributed by atoms with van der Waals surface area (Å²) >= 11 is 6.67. The average Bonchev–Trinajstić information content (AvgIpc) is 2.94. The van der Waals surface area contributed by atoms with Crippen LogP contribution in [0.3, 0.4) is 0 Å². The molecule has 0 aliphatic heterocycles. The molecular weight excluding hydrogens is 378 g/mol. The minimum atomic E-state index is -0.289. The Labute approximate surface area is 164 Å². The molecule has 2 N–H and O–H groups in total. The first-order valence-electron chi connectivity index (χ1n) is 8.42. The summed E-state index contributed by atoms with van der Waals surface area (Å²) in [5, 5.41) is 3.48. The fourth-order valence-electron chi connectivity index (χ4n) is 3.19. The van der Waals surface area contributed by atoms with Crippen LogP contribution in [-0.2, 0) is 0 Å². The summed E-state index contributed by atoms with van der Waals surface area (Å²) in [6.45, 7) is 5.88. The van der Waals surface area contributed by atoms with Crippen molar-refractivity contribution in [3.63, 3.8) is 0 Å². The number of carbonyl (C=O) groups excluding carboxylic acids is 1. The van der Waals surface area contributed by atoms with Gasteiger partial charge >= 0.3 is 0 Å². The molecule has 0 aliphatic carbocycles. The van der Waals surface area contributed by atoms with Crippen LogP contribution < -0.4 is 10.9 Å². The Bertz CT molecular complexity index is 1350. The van der Waals surface area contributed by atoms with Crippen molar-refractivity contribution < 1.29 is 4.79 Å². The number of fused-ring (bicyclic) bond motifs is 3. The molecule has 0 fully saturated rings. The van der Waals surface area contributed by atoms with Gasteiger partial charge in [0.15, 0.2) is 3.95 Å². The molecule has 0 spiro atoms. The Morgan fingerprint density at radius 1 is 1.11 bits per heavy atom. The normalized spacial score (nSPS) is 11.2. The van der Waals surface area contributed by atoms with Crippen molar-refractivity contribution in [2.45, 2.75) is 20.8 Å². The number of aryl methyl sites for hydroxylation is 3. The van der Waals surface area contributed by atoms with E-state index in [1.807, 2.05) is 57.2 Å². The number of aromatic nitrogens is 2. The molecule has 0 bridgehead atoms. The van der Waals surface area contributed by atoms with Crippen molar-refractivity contribution in [2.24, 2.45) is 0 Å². The van der Waals surface area contributed by atoms with Gasteiger partial charge in [0.1, 0.15) is 10.5 Å². The number of nitrogens with zero attached hydrogens (tertiary/aromatic N) is 1. The van der Waals surface area contributed by atoms with Crippen LogP contribution in [0.25, 0.3) is 16.6 Å². The van der Waals surface area contributed by atoms with E-state index in [0.717, 1.165) is 22.4 Å². The lowest BCUT2D eigenvalue weighted by atomic mass is 10.1. The molecule has 0 aliphatic rings. The summed E-state index contributed by atoms with van der Waals surface area (Å²) in [5.74, 6) is -0.289. The molecule has 0 saturated carbocycles. The number of hydrogen-bond acceptors (Lipinski definition) is 4. The highest BCUT2D eigenvalue weighted by Gasteiger charge is 2.18. The number of benzene rings is 2. The van der Waals surface area contributed by atoms with Crippen LogP contribution in [0.2, 0.25) is 0 Å². The van der Waals surface area contributed by atoms with Gasteiger partial charge in [-0.05, 0) is 56.8 Å². The molecule has 2 heterocycles. The number of carbonyl (C=O) groups is 1. The van der Waals surface area contributed by atoms with Crippen LogP contribution in [-0.4, -0.2) is 15.3 Å². The topological polar surface area (TPSA) is 66.4 Å². The minimum absolute atomic E-state index is 0.234. The third-order valence-corrected chi connectivity index (χ3v) is 5.89. The first kappa shape index (κ1) is 17.6. The summed E-state index contributed by atoms with van der Waals surface area (Å²) in [4.78, 5) is 28.7. The van der Waals surface area contributed by atoms with E-state index in [4.69, 9.17) is 12.2 Å². The largest absolute Gasteiger partial charge is 0.321 e. The lowest BCUT2D eigenvalue weighted by molar-refractivity contribution is 0.103. The maximum Gasteiger partial charge on any atom is 0.269 e. The Hall–Kier alpha value is -2.77. The molecule has 0 radical (unpaired) electrons. The van der Waals surface area contributed by atoms with Crippen LogP contribution in [0.4, 0.5) is 5.69 Å². The zero-order valence-electron chi connectivity index (χ0n) is 15.0. The lowest BCUT2D eigenvalue weighted by Crippen LogP contribution is -2.15. The molecule has 0 saturated heterocycles. The van der Waals surface area contributed by atoms with Crippen LogP contribution in [0.15, 0.2) is 41.2 Å². The number of hydrogen-bond donors (Lipinski definition) is 2. The second-order valence-electron chi connectivity index (χ2n) is 6.63. The molecule has 7 heteroatoms. The van der Waals surface area contributed by atoms with Crippen LogP contribution in [0, 0.1) is 24.7 Å². The van der Waals surface area contributed by atoms with Crippen molar-refractivity contribution in [2.75, 3.05) is 5.32 Å². The molecule has 2 aromatic carbocycles. The van der Waals surface area contributed by atoms with Gasteiger partial charge in [-0.15, -0.1) is 0 Å². The Balaban J connectivity index is 1.89. The molecule has 5 nitrogen and oxygen atoms in total. The first-order valence-corrected chi connectivity index (χ1v) is 9.64. The molecule has 2 aromatic heterocycles. The van der Waals surface area contributed by atoms with Crippen molar-refractivity contribution >= 4 is 51.7 Å². The van der Waals surface area contributed by atoms with Gasteiger partial charge < -0.3 is 10.3 Å². The number of thiazole rings is 1. The maximum absolute atomic E-state index is 12.9. The minimum Gasteiger partial charge on any atom is -0.321 e. The lowest BCUT2D eigenvalue weighted by Gasteiger charge is -2.08. The Morgan fingerprint density at radius 3 is 2.56 bits per heavy atom. The molecule has 0 unspecified atom stereocenters. The number of rotatable bonds is 2. The van der Waals surface area contributed by atoms with Crippen molar-refractivity contribution in [3.05, 3.63) is 72.3 Å². The quantitative estimate of drug-likeness (QED) is 0.481. The van der Waals surface area contributed by atoms with Gasteiger partial charge in [-0.2, -0.15) is 0 Å². The van der Waals surface area contributed by atoms with Crippen molar-refractivity contribution in [1.82, 2.24) is 9.38 Å². The van der Waals surface area contributed by atoms with E-state index < -0.39 is 0 Å². The van der Waals surface area contributed by atoms with Gasteiger partial charge in [0.05, 0.1) is 10.9 Å². The van der Waals surface area contributed by atoms with E-state index in [1.54, 1.807) is 4.40 Å². The standard InChI is InChI=1S/C20H17N3O2S2/c1-10-4-6-14(12(3)8-10)21-19(25)16-17-22-18(24)13-9-11(2)5-7-15(13)23(17)20(26)27-16/h4-9H,1-3H3,(H,21,25)(H,22,24). The monoisotopic (exact) mass is 395 g/mol. The van der Waals surface area contributed by atoms with Gasteiger partial charge in [-0.3, -0.25) is 14.0 Å². The van der Waals surface area contributed by atoms with Crippen LogP contribution in [0.5, 0.6) is 0 Å². The molecule has 4 aromatic rings. The number of H-pyrrole nitrogens is 1. The molecule has 0 atom stereocenters. The SMILES string of the molecule is Cc1ccc(NC(=O)c2sc(=S)n3c2[nH]c(=O)c2cc(C)ccc23)c(C)c1. The van der Waals surface area contributed by atoms with Crippen LogP contribution >= 0.6 is 23.6 Å². The first-order chi connectivity index (χ1) is 12.8. The third-order valence-electron chi connectivity index (χ3n) is 4.52. The predicted octanol–water partition coefficient (Wildman–Crippen LogP) is 4.75. The fourth-order valence-corrected chi connectivity index (χ4v) is 4.47. The highest BCUT2D eigenvalue weighted by Crippen LogP contribution is 2.25. The summed E-state index contributed by atoms with van der Waals surface area (Å²) in [6.07, 6.45) is 0. The zero-order chi connectivity index (χ0) is 19.3. The smallest absolute Gasteiger partial charge is 0.269 e. The molecule has 4 rings (SSSR count). The van der Waals surface area contributed by atoms with E-state index in [-0.39, 0.29) is 11.5 Å². The van der Waals surface area contributed by atoms with Gasteiger partial charge in [0.2, 0.25) is 0 Å². The second-order valence-corrected chi connectivity index (χ2v) is 8.27. The van der Waals surface area contributed by atoms with Gasteiger partial charge in [-0.1, -0.05) is 40.7 Å². The number of nitrogens with one attached hydrogen (secondary N) is 2. The highest BCUT2D eigenvalue weighted by atomic mass is 32.1. The van der Waals surface area contributed by atoms with Gasteiger partial charge in [0, 0.05) is 5.69 Å². The van der Waals surface area contributed by atoms with Crippen molar-refractivity contribution in [3.8, 4) is 0 Å². The maximum atomic E-state index is 12.9. The van der Waals surface area contributed by atoms with E-state index in [2.05, 4.69) is 10.3 Å². The molecule has 27 heavy (non-hydrogen) atoms. The summed E-state index contributed by atoms with van der Waals surface area (Å²) in [7, 11) is 0. The van der Waals surface area contributed by atoms with E-state index in [1.165, 1.54) is 11.3 Å². The summed E-state index contributed by atoms with van der Waals surface area (Å²) < 4.78 is 2.27. The molecule has 136 valence electrons. The number of amides is 1. The second kappa shape index (κ2) is 6.44. The number of anilines is 1. The summed E-state index contributed by atoms with van der Waals surface area (Å²) in [6, 6.07) is 11.4. The van der Waals surface area contributed by atoms with Crippen molar-refractivity contribution in [1.29, 1.82) is 0 Å². The molecule has 1 amide bonds.